The predicted molar refractivity (Wildman–Crippen MR) is 145 cm³/mol. The summed E-state index contributed by atoms with van der Waals surface area (Å²) in [4.78, 5) is 0. The van der Waals surface area contributed by atoms with Crippen LogP contribution in [0.25, 0.3) is 0 Å². The molecule has 0 atom stereocenters. The van der Waals surface area contributed by atoms with E-state index in [0.717, 1.165) is 16.7 Å². The fraction of sp³-hybridized carbons (Fsp3) is 0.357. The highest BCUT2D eigenvalue weighted by Crippen LogP contribution is 2.51. The zero-order chi connectivity index (χ0) is 25.4. The maximum atomic E-state index is 14.1. The van der Waals surface area contributed by atoms with Crippen molar-refractivity contribution in [1.29, 1.82) is 0 Å². The Kier molecular flexibility index (Phi) is 9.65. The van der Waals surface area contributed by atoms with Crippen LogP contribution >= 0.6 is 7.60 Å². The molecule has 3 rings (SSSR count). The van der Waals surface area contributed by atoms with Gasteiger partial charge in [-0.05, 0) is 34.8 Å². The van der Waals surface area contributed by atoms with Crippen LogP contribution in [0.15, 0.2) is 91.0 Å². The van der Waals surface area contributed by atoms with Gasteiger partial charge in [0, 0.05) is 6.54 Å². The van der Waals surface area contributed by atoms with Crippen LogP contribution in [-0.2, 0) is 37.9 Å². The molecule has 0 radical (unpaired) electrons. The summed E-state index contributed by atoms with van der Waals surface area (Å²) in [5.74, 6) is 0. The van der Waals surface area contributed by atoms with E-state index >= 15 is 0 Å². The third-order valence-electron chi connectivity index (χ3n) is 6.24. The number of rotatable bonds is 12. The topological polar surface area (TPSA) is 48.0 Å². The third-order valence-corrected chi connectivity index (χ3v) is 12.3. The summed E-state index contributed by atoms with van der Waals surface area (Å²) in [5, 5.41) is 1.78. The first-order valence-electron chi connectivity index (χ1n) is 12.0. The van der Waals surface area contributed by atoms with E-state index in [-0.39, 0.29) is 24.5 Å². The van der Waals surface area contributed by atoms with E-state index in [1.54, 1.807) is 5.06 Å². The first-order valence-corrected chi connectivity index (χ1v) is 16.6. The molecule has 7 heteroatoms. The monoisotopic (exact) mass is 511 g/mol. The van der Waals surface area contributed by atoms with Gasteiger partial charge in [-0.25, -0.2) is 0 Å². The molecule has 0 unspecified atom stereocenters. The molecule has 0 aliphatic carbocycles. The summed E-state index contributed by atoms with van der Waals surface area (Å²) in [5.41, 5.74) is 2.95. The number of nitrogens with zero attached hydrogens (tertiary/aromatic N) is 1. The van der Waals surface area contributed by atoms with Gasteiger partial charge in [-0.15, -0.1) is 0 Å². The van der Waals surface area contributed by atoms with Crippen LogP contribution in [0.5, 0.6) is 0 Å². The Morgan fingerprint density at radius 2 is 1.11 bits per heavy atom. The second-order valence-electron chi connectivity index (χ2n) is 10.2. The van der Waals surface area contributed by atoms with Crippen LogP contribution in [0.2, 0.25) is 18.1 Å². The molecule has 188 valence electrons. The van der Waals surface area contributed by atoms with E-state index in [9.17, 15) is 4.57 Å². The first-order chi connectivity index (χ1) is 16.6. The lowest BCUT2D eigenvalue weighted by atomic mass is 10.2. The van der Waals surface area contributed by atoms with Crippen molar-refractivity contribution < 1.29 is 18.1 Å². The zero-order valence-corrected chi connectivity index (χ0v) is 23.4. The van der Waals surface area contributed by atoms with Crippen molar-refractivity contribution >= 4 is 15.9 Å². The molecule has 0 heterocycles. The van der Waals surface area contributed by atoms with Gasteiger partial charge in [-0.2, -0.15) is 5.06 Å². The van der Waals surface area contributed by atoms with Crippen molar-refractivity contribution in [2.75, 3.05) is 6.29 Å². The zero-order valence-electron chi connectivity index (χ0n) is 21.5. The van der Waals surface area contributed by atoms with E-state index in [4.69, 9.17) is 13.6 Å². The van der Waals surface area contributed by atoms with Gasteiger partial charge < -0.3 is 13.6 Å². The van der Waals surface area contributed by atoms with Gasteiger partial charge in [0.25, 0.3) is 0 Å². The Morgan fingerprint density at radius 3 is 1.51 bits per heavy atom. The number of hydroxylamine groups is 2. The van der Waals surface area contributed by atoms with Crippen molar-refractivity contribution in [1.82, 2.24) is 5.06 Å². The minimum Gasteiger partial charge on any atom is -0.342 e. The van der Waals surface area contributed by atoms with Crippen LogP contribution < -0.4 is 0 Å². The molecule has 0 amide bonds. The predicted octanol–water partition coefficient (Wildman–Crippen LogP) is 8.01. The Bertz CT molecular complexity index is 1020. The maximum absolute atomic E-state index is 14.1. The molecule has 0 saturated heterocycles. The summed E-state index contributed by atoms with van der Waals surface area (Å²) in [6.07, 6.45) is 0.0358. The van der Waals surface area contributed by atoms with E-state index in [0.29, 0.717) is 6.54 Å². The molecular formula is C28H38NO4PSi. The van der Waals surface area contributed by atoms with Crippen LogP contribution in [0.1, 0.15) is 37.5 Å². The second-order valence-corrected chi connectivity index (χ2v) is 17.0. The van der Waals surface area contributed by atoms with E-state index in [1.807, 2.05) is 91.0 Å². The summed E-state index contributed by atoms with van der Waals surface area (Å²) in [6, 6.07) is 29.5. The minimum absolute atomic E-state index is 0.0122. The summed E-state index contributed by atoms with van der Waals surface area (Å²) < 4.78 is 32.9. The highest BCUT2D eigenvalue weighted by Gasteiger charge is 2.41. The molecule has 0 bridgehead atoms. The molecule has 5 nitrogen and oxygen atoms in total. The van der Waals surface area contributed by atoms with Gasteiger partial charge in [-0.1, -0.05) is 112 Å². The molecule has 0 spiro atoms. The van der Waals surface area contributed by atoms with Gasteiger partial charge in [-0.3, -0.25) is 4.57 Å². The van der Waals surface area contributed by atoms with Crippen molar-refractivity contribution in [3.8, 4) is 0 Å². The van der Waals surface area contributed by atoms with Crippen molar-refractivity contribution in [2.24, 2.45) is 0 Å². The van der Waals surface area contributed by atoms with Gasteiger partial charge in [0.1, 0.15) is 6.29 Å². The Labute approximate surface area is 211 Å². The highest BCUT2D eigenvalue weighted by atomic mass is 31.2. The number of hydrogen-bond acceptors (Lipinski definition) is 5. The van der Waals surface area contributed by atoms with Crippen LogP contribution in [-0.4, -0.2) is 19.7 Å². The molecule has 0 N–H and O–H groups in total. The SMILES string of the molecule is CC(C)(C)[Si](C)(C)ON(Cc1ccccc1)CP(=O)(OCc1ccccc1)OCc1ccccc1. The summed E-state index contributed by atoms with van der Waals surface area (Å²) in [7, 11) is -5.76. The molecular weight excluding hydrogens is 473 g/mol. The molecule has 3 aromatic carbocycles. The Morgan fingerprint density at radius 1 is 0.714 bits per heavy atom. The fourth-order valence-corrected chi connectivity index (χ4v) is 5.79. The maximum Gasteiger partial charge on any atom is 0.347 e. The van der Waals surface area contributed by atoms with Crippen LogP contribution in [0, 0.1) is 0 Å². The third kappa shape index (κ3) is 8.83. The second kappa shape index (κ2) is 12.3. The standard InChI is InChI=1S/C28H38NO4PSi/c1-28(2,3)35(4,5)33-29(21-25-15-9-6-10-16-25)24-34(30,31-22-26-17-11-7-12-18-26)32-23-27-19-13-8-14-20-27/h6-20H,21-24H2,1-5H3. The quantitative estimate of drug-likeness (QED) is 0.140. The smallest absolute Gasteiger partial charge is 0.342 e. The molecule has 0 aromatic heterocycles. The average molecular weight is 512 g/mol. The van der Waals surface area contributed by atoms with E-state index < -0.39 is 15.9 Å². The van der Waals surface area contributed by atoms with E-state index in [1.165, 1.54) is 0 Å². The molecule has 3 aromatic rings. The van der Waals surface area contributed by atoms with Crippen molar-refractivity contribution in [3.63, 3.8) is 0 Å². The Balaban J connectivity index is 1.84. The number of benzene rings is 3. The van der Waals surface area contributed by atoms with Gasteiger partial charge >= 0.3 is 7.60 Å². The molecule has 0 saturated carbocycles. The first kappa shape index (κ1) is 27.5. The highest BCUT2D eigenvalue weighted by molar-refractivity contribution is 7.53. The lowest BCUT2D eigenvalue weighted by Gasteiger charge is -2.40. The van der Waals surface area contributed by atoms with Crippen molar-refractivity contribution in [2.45, 2.75) is 58.7 Å². The molecule has 0 aliphatic rings. The largest absolute Gasteiger partial charge is 0.347 e. The average Bonchev–Trinajstić information content (AvgIpc) is 2.83. The summed E-state index contributed by atoms with van der Waals surface area (Å²) in [6.45, 7) is 11.8. The molecule has 0 fully saturated rings. The fourth-order valence-electron chi connectivity index (χ4n) is 3.16. The van der Waals surface area contributed by atoms with Crippen LogP contribution in [0.4, 0.5) is 0 Å². The van der Waals surface area contributed by atoms with Gasteiger partial charge in [0.2, 0.25) is 8.32 Å². The van der Waals surface area contributed by atoms with Crippen molar-refractivity contribution in [3.05, 3.63) is 108 Å². The lowest BCUT2D eigenvalue weighted by molar-refractivity contribution is -0.0706. The van der Waals surface area contributed by atoms with Crippen LogP contribution in [0.3, 0.4) is 0 Å². The summed E-state index contributed by atoms with van der Waals surface area (Å²) >= 11 is 0. The molecule has 35 heavy (non-hydrogen) atoms. The Hall–Kier alpha value is -2.05. The number of hydrogen-bond donors (Lipinski definition) is 0. The molecule has 0 aliphatic heterocycles. The lowest BCUT2D eigenvalue weighted by Crippen LogP contribution is -2.46. The van der Waals surface area contributed by atoms with E-state index in [2.05, 4.69) is 33.9 Å². The minimum atomic E-state index is -3.56. The normalized spacial score (nSPS) is 12.7. The van der Waals surface area contributed by atoms with Gasteiger partial charge in [0.05, 0.1) is 13.2 Å². The van der Waals surface area contributed by atoms with Gasteiger partial charge in [0.15, 0.2) is 0 Å².